The molecule has 0 bridgehead atoms. The summed E-state index contributed by atoms with van der Waals surface area (Å²) in [5.74, 6) is 2.60. The van der Waals surface area contributed by atoms with Crippen LogP contribution in [0.5, 0.6) is 5.75 Å². The van der Waals surface area contributed by atoms with E-state index in [1.807, 2.05) is 19.2 Å². The molecule has 1 aromatic carbocycles. The molecule has 1 saturated carbocycles. The maximum atomic E-state index is 5.52. The number of benzene rings is 1. The molecule has 0 aromatic heterocycles. The average Bonchev–Trinajstić information content (AvgIpc) is 3.50. The van der Waals surface area contributed by atoms with Crippen LogP contribution < -0.4 is 15.4 Å². The molecular formula is C19H30N4O2. The first-order valence-electron chi connectivity index (χ1n) is 9.20. The topological polar surface area (TPSA) is 58.1 Å². The van der Waals surface area contributed by atoms with Crippen molar-refractivity contribution in [1.29, 1.82) is 0 Å². The van der Waals surface area contributed by atoms with Gasteiger partial charge in [0.2, 0.25) is 0 Å². The van der Waals surface area contributed by atoms with E-state index in [9.17, 15) is 0 Å². The molecule has 6 nitrogen and oxygen atoms in total. The van der Waals surface area contributed by atoms with Crippen molar-refractivity contribution >= 4 is 5.96 Å². The summed E-state index contributed by atoms with van der Waals surface area (Å²) in [6.45, 7) is 5.32. The minimum atomic E-state index is 0.286. The van der Waals surface area contributed by atoms with Crippen LogP contribution in [0.15, 0.2) is 29.3 Å². The zero-order valence-corrected chi connectivity index (χ0v) is 15.3. The van der Waals surface area contributed by atoms with Crippen molar-refractivity contribution in [3.05, 3.63) is 29.8 Å². The Morgan fingerprint density at radius 3 is 2.56 bits per heavy atom. The van der Waals surface area contributed by atoms with E-state index in [4.69, 9.17) is 9.47 Å². The van der Waals surface area contributed by atoms with Crippen molar-refractivity contribution in [2.24, 2.45) is 10.9 Å². The second kappa shape index (κ2) is 9.06. The number of nitrogens with one attached hydrogen (secondary N) is 2. The fourth-order valence-corrected chi connectivity index (χ4v) is 3.15. The molecule has 1 atom stereocenters. The summed E-state index contributed by atoms with van der Waals surface area (Å²) < 4.78 is 10.8. The number of guanidine groups is 1. The number of nitrogens with zero attached hydrogens (tertiary/aromatic N) is 2. The van der Waals surface area contributed by atoms with Crippen LogP contribution in [0.2, 0.25) is 0 Å². The number of rotatable bonds is 7. The molecule has 1 aromatic rings. The van der Waals surface area contributed by atoms with Crippen LogP contribution in [0.3, 0.4) is 0 Å². The summed E-state index contributed by atoms with van der Waals surface area (Å²) >= 11 is 0. The lowest BCUT2D eigenvalue weighted by Gasteiger charge is -2.35. The maximum absolute atomic E-state index is 5.52. The minimum Gasteiger partial charge on any atom is -0.497 e. The summed E-state index contributed by atoms with van der Waals surface area (Å²) in [5, 5.41) is 6.94. The SMILES string of the molecule is CN=C(NCC1CC1)NCC(c1ccc(OC)cc1)N1CCOCC1. The third-order valence-corrected chi connectivity index (χ3v) is 4.93. The van der Waals surface area contributed by atoms with Gasteiger partial charge in [-0.15, -0.1) is 0 Å². The quantitative estimate of drug-likeness (QED) is 0.581. The van der Waals surface area contributed by atoms with E-state index < -0.39 is 0 Å². The van der Waals surface area contributed by atoms with Gasteiger partial charge in [-0.3, -0.25) is 9.89 Å². The van der Waals surface area contributed by atoms with Gasteiger partial charge in [-0.2, -0.15) is 0 Å². The normalized spacial score (nSPS) is 20.2. The molecule has 0 amide bonds. The van der Waals surface area contributed by atoms with Crippen LogP contribution in [-0.2, 0) is 4.74 Å². The second-order valence-corrected chi connectivity index (χ2v) is 6.71. The Labute approximate surface area is 150 Å². The fraction of sp³-hybridized carbons (Fsp3) is 0.632. The molecule has 2 aliphatic rings. The maximum Gasteiger partial charge on any atom is 0.191 e. The van der Waals surface area contributed by atoms with Gasteiger partial charge in [-0.1, -0.05) is 12.1 Å². The van der Waals surface area contributed by atoms with Crippen molar-refractivity contribution in [3.8, 4) is 5.75 Å². The molecule has 1 unspecified atom stereocenters. The van der Waals surface area contributed by atoms with Crippen LogP contribution in [0.1, 0.15) is 24.4 Å². The molecule has 0 radical (unpaired) electrons. The lowest BCUT2D eigenvalue weighted by atomic mass is 10.0. The first kappa shape index (κ1) is 18.0. The predicted molar refractivity (Wildman–Crippen MR) is 100 cm³/mol. The van der Waals surface area contributed by atoms with Gasteiger partial charge in [0.05, 0.1) is 26.4 Å². The summed E-state index contributed by atoms with van der Waals surface area (Å²) in [6, 6.07) is 8.66. The Balaban J connectivity index is 1.64. The third-order valence-electron chi connectivity index (χ3n) is 4.93. The van der Waals surface area contributed by atoms with E-state index in [0.29, 0.717) is 0 Å². The highest BCUT2D eigenvalue weighted by molar-refractivity contribution is 5.79. The van der Waals surface area contributed by atoms with Crippen LogP contribution in [0, 0.1) is 5.92 Å². The molecule has 25 heavy (non-hydrogen) atoms. The zero-order chi connectivity index (χ0) is 17.5. The predicted octanol–water partition coefficient (Wildman–Crippen LogP) is 1.64. The van der Waals surface area contributed by atoms with E-state index in [-0.39, 0.29) is 6.04 Å². The van der Waals surface area contributed by atoms with Crippen molar-refractivity contribution in [3.63, 3.8) is 0 Å². The standard InChI is InChI=1S/C19H30N4O2/c1-20-19(21-13-15-3-4-15)22-14-18(23-9-11-25-12-10-23)16-5-7-17(24-2)8-6-16/h5-8,15,18H,3-4,9-14H2,1-2H3,(H2,20,21,22). The summed E-state index contributed by atoms with van der Waals surface area (Å²) in [4.78, 5) is 6.84. The Hall–Kier alpha value is -1.79. The average molecular weight is 346 g/mol. The minimum absolute atomic E-state index is 0.286. The molecule has 1 heterocycles. The first-order valence-corrected chi connectivity index (χ1v) is 9.20. The molecule has 1 aliphatic heterocycles. The smallest absolute Gasteiger partial charge is 0.191 e. The van der Waals surface area contributed by atoms with Crippen LogP contribution >= 0.6 is 0 Å². The Morgan fingerprint density at radius 1 is 1.24 bits per heavy atom. The monoisotopic (exact) mass is 346 g/mol. The highest BCUT2D eigenvalue weighted by Crippen LogP contribution is 2.27. The van der Waals surface area contributed by atoms with Gasteiger partial charge in [0.25, 0.3) is 0 Å². The van der Waals surface area contributed by atoms with E-state index in [1.54, 1.807) is 7.11 Å². The number of hydrogen-bond acceptors (Lipinski definition) is 4. The van der Waals surface area contributed by atoms with E-state index in [2.05, 4.69) is 32.7 Å². The molecule has 138 valence electrons. The van der Waals surface area contributed by atoms with Gasteiger partial charge >= 0.3 is 0 Å². The Kier molecular flexibility index (Phi) is 6.53. The van der Waals surface area contributed by atoms with Crippen molar-refractivity contribution in [2.45, 2.75) is 18.9 Å². The first-order chi connectivity index (χ1) is 12.3. The molecule has 3 rings (SSSR count). The van der Waals surface area contributed by atoms with Gasteiger partial charge in [-0.05, 0) is 36.5 Å². The summed E-state index contributed by atoms with van der Waals surface area (Å²) in [7, 11) is 3.53. The molecule has 2 fully saturated rings. The largest absolute Gasteiger partial charge is 0.497 e. The fourth-order valence-electron chi connectivity index (χ4n) is 3.15. The number of ether oxygens (including phenoxy) is 2. The summed E-state index contributed by atoms with van der Waals surface area (Å²) in [6.07, 6.45) is 2.68. The van der Waals surface area contributed by atoms with Gasteiger partial charge in [0, 0.05) is 33.2 Å². The van der Waals surface area contributed by atoms with E-state index in [0.717, 1.165) is 57.0 Å². The van der Waals surface area contributed by atoms with Crippen molar-refractivity contribution in [1.82, 2.24) is 15.5 Å². The van der Waals surface area contributed by atoms with Gasteiger partial charge < -0.3 is 20.1 Å². The molecule has 1 aliphatic carbocycles. The van der Waals surface area contributed by atoms with Crippen LogP contribution in [-0.4, -0.2) is 64.4 Å². The van der Waals surface area contributed by atoms with Crippen molar-refractivity contribution < 1.29 is 9.47 Å². The number of methoxy groups -OCH3 is 1. The zero-order valence-electron chi connectivity index (χ0n) is 15.3. The lowest BCUT2D eigenvalue weighted by molar-refractivity contribution is 0.0170. The summed E-state index contributed by atoms with van der Waals surface area (Å²) in [5.41, 5.74) is 1.29. The highest BCUT2D eigenvalue weighted by atomic mass is 16.5. The number of hydrogen-bond donors (Lipinski definition) is 2. The van der Waals surface area contributed by atoms with E-state index in [1.165, 1.54) is 18.4 Å². The molecular weight excluding hydrogens is 316 g/mol. The highest BCUT2D eigenvalue weighted by Gasteiger charge is 2.24. The molecule has 2 N–H and O–H groups in total. The Morgan fingerprint density at radius 2 is 1.96 bits per heavy atom. The molecule has 0 spiro atoms. The second-order valence-electron chi connectivity index (χ2n) is 6.71. The number of aliphatic imine (C=N–C) groups is 1. The Bertz CT molecular complexity index is 551. The van der Waals surface area contributed by atoms with Crippen LogP contribution in [0.4, 0.5) is 0 Å². The van der Waals surface area contributed by atoms with E-state index >= 15 is 0 Å². The lowest BCUT2D eigenvalue weighted by Crippen LogP contribution is -2.46. The van der Waals surface area contributed by atoms with Crippen LogP contribution in [0.25, 0.3) is 0 Å². The molecule has 1 saturated heterocycles. The molecule has 6 heteroatoms. The van der Waals surface area contributed by atoms with Gasteiger partial charge in [0.1, 0.15) is 5.75 Å². The van der Waals surface area contributed by atoms with Gasteiger partial charge in [0.15, 0.2) is 5.96 Å². The van der Waals surface area contributed by atoms with Crippen molar-refractivity contribution in [2.75, 3.05) is 53.6 Å². The third kappa shape index (κ3) is 5.34. The number of morpholine rings is 1. The van der Waals surface area contributed by atoms with Gasteiger partial charge in [-0.25, -0.2) is 0 Å².